The molecule has 23 heavy (non-hydrogen) atoms. The second-order valence-electron chi connectivity index (χ2n) is 4.03. The molecule has 2 aromatic rings. The average Bonchev–Trinajstić information content (AvgIpc) is 2.50. The number of nitrogens with zero attached hydrogens (tertiary/aromatic N) is 1. The molecular weight excluding hydrogens is 316 g/mol. The molecule has 0 unspecified atom stereocenters. The Morgan fingerprint density at radius 1 is 1.09 bits per heavy atom. The maximum absolute atomic E-state index is 12.4. The minimum atomic E-state index is -3.12. The van der Waals surface area contributed by atoms with E-state index < -0.39 is 11.5 Å². The first-order valence-electron chi connectivity index (χ1n) is 6.11. The molecule has 0 aliphatic carbocycles. The molecule has 0 radical (unpaired) electrons. The molecule has 0 spiro atoms. The van der Waals surface area contributed by atoms with Crippen molar-refractivity contribution < 1.29 is 32.7 Å². The van der Waals surface area contributed by atoms with Gasteiger partial charge in [0.25, 0.3) is 6.47 Å². The van der Waals surface area contributed by atoms with Crippen LogP contribution in [0.2, 0.25) is 0 Å². The van der Waals surface area contributed by atoms with Crippen molar-refractivity contribution >= 4 is 12.2 Å². The number of halogens is 2. The van der Waals surface area contributed by atoms with E-state index >= 15 is 0 Å². The molecule has 0 aliphatic heterocycles. The summed E-state index contributed by atoms with van der Waals surface area (Å²) in [6, 6.07) is 8.78. The Bertz CT molecular complexity index is 722. The molecule has 2 aromatic carbocycles. The number of benzene rings is 2. The van der Waals surface area contributed by atoms with E-state index in [1.165, 1.54) is 30.3 Å². The van der Waals surface area contributed by atoms with E-state index in [1.807, 2.05) is 0 Å². The van der Waals surface area contributed by atoms with Gasteiger partial charge in [0, 0.05) is 12.1 Å². The average molecular weight is 325 g/mol. The lowest BCUT2D eigenvalue weighted by atomic mass is 10.2. The smallest absolute Gasteiger partial charge is 0.387 e. The highest BCUT2D eigenvalue weighted by molar-refractivity contribution is 5.54. The summed E-state index contributed by atoms with van der Waals surface area (Å²) in [5.41, 5.74) is -0.364. The second kappa shape index (κ2) is 7.16. The molecule has 0 N–H and O–H groups in total. The Morgan fingerprint density at radius 2 is 1.83 bits per heavy atom. The third-order valence-corrected chi connectivity index (χ3v) is 2.60. The molecule has 9 heteroatoms. The Kier molecular flexibility index (Phi) is 5.03. The fourth-order valence-electron chi connectivity index (χ4n) is 1.70. The maximum Gasteiger partial charge on any atom is 0.387 e. The standard InChI is InChI=1S/C14H9F2NO6/c15-14(16)23-12-6-5-9(21-8-18)7-13(12)22-11-4-2-1-3-10(11)17(19)20/h1-8,14H. The number of para-hydroxylation sites is 2. The van der Waals surface area contributed by atoms with Crippen molar-refractivity contribution in [1.82, 2.24) is 0 Å². The van der Waals surface area contributed by atoms with Gasteiger partial charge in [0.1, 0.15) is 5.75 Å². The number of hydrogen-bond acceptors (Lipinski definition) is 6. The van der Waals surface area contributed by atoms with Crippen LogP contribution in [-0.4, -0.2) is 18.0 Å². The summed E-state index contributed by atoms with van der Waals surface area (Å²) in [6.07, 6.45) is 0. The molecule has 120 valence electrons. The molecule has 0 fully saturated rings. The van der Waals surface area contributed by atoms with Crippen molar-refractivity contribution in [2.24, 2.45) is 0 Å². The van der Waals surface area contributed by atoms with Crippen LogP contribution in [0, 0.1) is 10.1 Å². The topological polar surface area (TPSA) is 87.9 Å². The summed E-state index contributed by atoms with van der Waals surface area (Å²) < 4.78 is 39.0. The first kappa shape index (κ1) is 16.1. The summed E-state index contributed by atoms with van der Waals surface area (Å²) in [7, 11) is 0. The van der Waals surface area contributed by atoms with E-state index in [9.17, 15) is 23.7 Å². The van der Waals surface area contributed by atoms with Gasteiger partial charge in [-0.3, -0.25) is 14.9 Å². The number of nitro groups is 1. The molecule has 0 saturated carbocycles. The lowest BCUT2D eigenvalue weighted by molar-refractivity contribution is -0.385. The highest BCUT2D eigenvalue weighted by atomic mass is 19.3. The second-order valence-corrected chi connectivity index (χ2v) is 4.03. The van der Waals surface area contributed by atoms with Crippen molar-refractivity contribution in [2.45, 2.75) is 6.61 Å². The van der Waals surface area contributed by atoms with Gasteiger partial charge in [-0.25, -0.2) is 0 Å². The molecule has 0 heterocycles. The largest absolute Gasteiger partial charge is 0.446 e. The van der Waals surface area contributed by atoms with Crippen LogP contribution < -0.4 is 14.2 Å². The van der Waals surface area contributed by atoms with Gasteiger partial charge in [-0.1, -0.05) is 12.1 Å². The first-order chi connectivity index (χ1) is 11.0. The summed E-state index contributed by atoms with van der Waals surface area (Å²) in [4.78, 5) is 20.6. The van der Waals surface area contributed by atoms with Crippen LogP contribution in [0.15, 0.2) is 42.5 Å². The lowest BCUT2D eigenvalue weighted by Crippen LogP contribution is -2.04. The highest BCUT2D eigenvalue weighted by Gasteiger charge is 2.18. The molecule has 0 bridgehead atoms. The van der Waals surface area contributed by atoms with Crippen LogP contribution in [-0.2, 0) is 4.79 Å². The number of ether oxygens (including phenoxy) is 3. The van der Waals surface area contributed by atoms with E-state index in [2.05, 4.69) is 9.47 Å². The number of carbonyl (C=O) groups excluding carboxylic acids is 1. The third kappa shape index (κ3) is 4.13. The molecule has 0 aliphatic rings. The Labute approximate surface area is 128 Å². The maximum atomic E-state index is 12.4. The van der Waals surface area contributed by atoms with Gasteiger partial charge in [0.15, 0.2) is 11.5 Å². The predicted octanol–water partition coefficient (Wildman–Crippen LogP) is 3.52. The fraction of sp³-hybridized carbons (Fsp3) is 0.0714. The Morgan fingerprint density at radius 3 is 2.48 bits per heavy atom. The molecule has 2 rings (SSSR count). The van der Waals surface area contributed by atoms with Gasteiger partial charge >= 0.3 is 12.3 Å². The van der Waals surface area contributed by atoms with Crippen molar-refractivity contribution in [3.8, 4) is 23.0 Å². The van der Waals surface area contributed by atoms with Gasteiger partial charge in [0.2, 0.25) is 5.75 Å². The number of nitro benzene ring substituents is 1. The molecule has 0 aromatic heterocycles. The quantitative estimate of drug-likeness (QED) is 0.440. The van der Waals surface area contributed by atoms with Crippen LogP contribution in [0.3, 0.4) is 0 Å². The highest BCUT2D eigenvalue weighted by Crippen LogP contribution is 2.38. The Hall–Kier alpha value is -3.23. The number of rotatable bonds is 7. The SMILES string of the molecule is O=COc1ccc(OC(F)F)c(Oc2ccccc2[N+](=O)[O-])c1. The van der Waals surface area contributed by atoms with Crippen LogP contribution >= 0.6 is 0 Å². The van der Waals surface area contributed by atoms with Crippen molar-refractivity contribution in [3.05, 3.63) is 52.6 Å². The summed E-state index contributed by atoms with van der Waals surface area (Å²) in [5.74, 6) is -0.814. The first-order valence-corrected chi connectivity index (χ1v) is 6.11. The van der Waals surface area contributed by atoms with Gasteiger partial charge in [-0.05, 0) is 18.2 Å². The van der Waals surface area contributed by atoms with E-state index in [0.29, 0.717) is 0 Å². The zero-order valence-corrected chi connectivity index (χ0v) is 11.3. The molecular formula is C14H9F2NO6. The molecule has 0 saturated heterocycles. The van der Waals surface area contributed by atoms with E-state index in [0.717, 1.165) is 12.1 Å². The molecule has 0 atom stereocenters. The Balaban J connectivity index is 2.42. The van der Waals surface area contributed by atoms with E-state index in [-0.39, 0.29) is 35.2 Å². The zero-order valence-electron chi connectivity index (χ0n) is 11.3. The van der Waals surface area contributed by atoms with Crippen molar-refractivity contribution in [3.63, 3.8) is 0 Å². The van der Waals surface area contributed by atoms with Crippen LogP contribution in [0.25, 0.3) is 0 Å². The summed E-state index contributed by atoms with van der Waals surface area (Å²) in [5, 5.41) is 10.9. The lowest BCUT2D eigenvalue weighted by Gasteiger charge is -2.12. The van der Waals surface area contributed by atoms with E-state index in [4.69, 9.17) is 4.74 Å². The monoisotopic (exact) mass is 325 g/mol. The number of hydrogen-bond donors (Lipinski definition) is 0. The minimum absolute atomic E-state index is 0.00444. The minimum Gasteiger partial charge on any atom is -0.446 e. The number of alkyl halides is 2. The fourth-order valence-corrected chi connectivity index (χ4v) is 1.70. The van der Waals surface area contributed by atoms with Gasteiger partial charge in [-0.15, -0.1) is 0 Å². The zero-order chi connectivity index (χ0) is 16.8. The third-order valence-electron chi connectivity index (χ3n) is 2.60. The van der Waals surface area contributed by atoms with Gasteiger partial charge in [-0.2, -0.15) is 8.78 Å². The van der Waals surface area contributed by atoms with Crippen LogP contribution in [0.5, 0.6) is 23.0 Å². The van der Waals surface area contributed by atoms with Crippen LogP contribution in [0.1, 0.15) is 0 Å². The van der Waals surface area contributed by atoms with Crippen molar-refractivity contribution in [2.75, 3.05) is 0 Å². The van der Waals surface area contributed by atoms with Crippen LogP contribution in [0.4, 0.5) is 14.5 Å². The van der Waals surface area contributed by atoms with Crippen molar-refractivity contribution in [1.29, 1.82) is 0 Å². The molecule has 7 nitrogen and oxygen atoms in total. The normalized spacial score (nSPS) is 10.2. The van der Waals surface area contributed by atoms with Gasteiger partial charge in [0.05, 0.1) is 4.92 Å². The van der Waals surface area contributed by atoms with E-state index in [1.54, 1.807) is 0 Å². The molecule has 0 amide bonds. The summed E-state index contributed by atoms with van der Waals surface area (Å²) in [6.45, 7) is -2.99. The van der Waals surface area contributed by atoms with Gasteiger partial charge < -0.3 is 14.2 Å². The summed E-state index contributed by atoms with van der Waals surface area (Å²) >= 11 is 0. The number of carbonyl (C=O) groups is 1. The predicted molar refractivity (Wildman–Crippen MR) is 72.9 cm³/mol.